The molecule has 102 valence electrons. The van der Waals surface area contributed by atoms with Crippen LogP contribution in [0.3, 0.4) is 0 Å². The zero-order valence-corrected chi connectivity index (χ0v) is 11.5. The summed E-state index contributed by atoms with van der Waals surface area (Å²) in [7, 11) is 0. The van der Waals surface area contributed by atoms with Crippen molar-refractivity contribution in [3.05, 3.63) is 35.0 Å². The third-order valence-corrected chi connectivity index (χ3v) is 2.36. The second-order valence-corrected chi connectivity index (χ2v) is 4.07. The first-order valence-electron chi connectivity index (χ1n) is 5.74. The zero-order valence-electron chi connectivity index (χ0n) is 10.7. The molecule has 0 radical (unpaired) electrons. The second kappa shape index (κ2) is 7.74. The van der Waals surface area contributed by atoms with E-state index in [2.05, 4.69) is 4.98 Å². The van der Waals surface area contributed by atoms with Gasteiger partial charge in [0.1, 0.15) is 16.8 Å². The van der Waals surface area contributed by atoms with Gasteiger partial charge >= 0.3 is 0 Å². The van der Waals surface area contributed by atoms with Gasteiger partial charge < -0.3 is 14.6 Å². The van der Waals surface area contributed by atoms with Crippen molar-refractivity contribution in [1.29, 1.82) is 5.26 Å². The largest absolute Gasteiger partial charge is 0.447 e. The number of rotatable bonds is 6. The van der Waals surface area contributed by atoms with Gasteiger partial charge in [-0.3, -0.25) is 0 Å². The van der Waals surface area contributed by atoms with Crippen LogP contribution < -0.4 is 4.74 Å². The molecule has 1 aromatic rings. The lowest BCUT2D eigenvalue weighted by Gasteiger charge is -2.18. The standard InChI is InChI=1S/C13H15ClN2O3/c1-3-4-5-12(17)18-9(2)19-13-10(8-15)6-7-11(14)16-13/h3-4,6-7,9,12,17H,5H2,1-2H3/b4-3-/t9-,12?/m0/s1. The van der Waals surface area contributed by atoms with Gasteiger partial charge in [0, 0.05) is 6.42 Å². The number of ether oxygens (including phenoxy) is 2. The summed E-state index contributed by atoms with van der Waals surface area (Å²) in [5.41, 5.74) is 0.253. The molecule has 1 N–H and O–H groups in total. The predicted octanol–water partition coefficient (Wildman–Crippen LogP) is 2.63. The number of hydrogen-bond donors (Lipinski definition) is 1. The SMILES string of the molecule is C/C=C\CC(O)O[C@H](C)Oc1nc(Cl)ccc1C#N. The molecule has 0 aliphatic carbocycles. The summed E-state index contributed by atoms with van der Waals surface area (Å²) < 4.78 is 10.5. The Bertz CT molecular complexity index is 485. The maximum Gasteiger partial charge on any atom is 0.235 e. The van der Waals surface area contributed by atoms with Crippen molar-refractivity contribution >= 4 is 11.6 Å². The topological polar surface area (TPSA) is 75.4 Å². The van der Waals surface area contributed by atoms with Crippen LogP contribution in [0, 0.1) is 11.3 Å². The van der Waals surface area contributed by atoms with Crippen molar-refractivity contribution in [2.75, 3.05) is 0 Å². The minimum Gasteiger partial charge on any atom is -0.447 e. The number of halogens is 1. The molecule has 0 spiro atoms. The summed E-state index contributed by atoms with van der Waals surface area (Å²) in [6.07, 6.45) is 2.22. The molecule has 1 heterocycles. The molecule has 1 unspecified atom stereocenters. The number of aliphatic hydroxyl groups is 1. The molecular weight excluding hydrogens is 268 g/mol. The molecule has 0 aliphatic heterocycles. The Balaban J connectivity index is 2.64. The molecule has 2 atom stereocenters. The Hall–Kier alpha value is -1.61. The van der Waals surface area contributed by atoms with E-state index in [1.165, 1.54) is 12.1 Å². The highest BCUT2D eigenvalue weighted by atomic mass is 35.5. The molecule has 0 aromatic carbocycles. The van der Waals surface area contributed by atoms with E-state index < -0.39 is 12.6 Å². The number of nitriles is 1. The van der Waals surface area contributed by atoms with Crippen LogP contribution in [0.4, 0.5) is 0 Å². The zero-order chi connectivity index (χ0) is 14.3. The fraction of sp³-hybridized carbons (Fsp3) is 0.385. The van der Waals surface area contributed by atoms with E-state index in [4.69, 9.17) is 26.3 Å². The number of aliphatic hydroxyl groups excluding tert-OH is 1. The van der Waals surface area contributed by atoms with E-state index in [1.54, 1.807) is 13.0 Å². The van der Waals surface area contributed by atoms with Gasteiger partial charge in [0.25, 0.3) is 0 Å². The molecule has 5 nitrogen and oxygen atoms in total. The maximum atomic E-state index is 9.54. The van der Waals surface area contributed by atoms with E-state index in [0.717, 1.165) is 0 Å². The van der Waals surface area contributed by atoms with Gasteiger partial charge in [-0.1, -0.05) is 23.8 Å². The lowest BCUT2D eigenvalue weighted by atomic mass is 10.3. The van der Waals surface area contributed by atoms with Crippen LogP contribution in [0.2, 0.25) is 5.15 Å². The Labute approximate surface area is 117 Å². The number of nitrogens with zero attached hydrogens (tertiary/aromatic N) is 2. The minimum atomic E-state index is -0.976. The Morgan fingerprint density at radius 3 is 2.95 bits per heavy atom. The summed E-state index contributed by atoms with van der Waals surface area (Å²) in [5, 5.41) is 18.7. The molecule has 0 aliphatic rings. The first-order valence-corrected chi connectivity index (χ1v) is 6.12. The summed E-state index contributed by atoms with van der Waals surface area (Å²) in [6.45, 7) is 3.45. The van der Waals surface area contributed by atoms with Crippen LogP contribution in [0.15, 0.2) is 24.3 Å². The van der Waals surface area contributed by atoms with Crippen molar-refractivity contribution in [2.45, 2.75) is 32.8 Å². The van der Waals surface area contributed by atoms with E-state index in [-0.39, 0.29) is 16.6 Å². The lowest BCUT2D eigenvalue weighted by molar-refractivity contribution is -0.187. The van der Waals surface area contributed by atoms with Crippen LogP contribution in [0.1, 0.15) is 25.8 Å². The lowest BCUT2D eigenvalue weighted by Crippen LogP contribution is -2.24. The van der Waals surface area contributed by atoms with E-state index in [1.807, 2.05) is 19.1 Å². The molecule has 6 heteroatoms. The van der Waals surface area contributed by atoms with Crippen LogP contribution in [0.5, 0.6) is 5.88 Å². The first kappa shape index (κ1) is 15.4. The molecule has 1 rings (SSSR count). The van der Waals surface area contributed by atoms with Crippen LogP contribution in [-0.2, 0) is 4.74 Å². The summed E-state index contributed by atoms with van der Waals surface area (Å²) in [5.74, 6) is 0.0840. The Kier molecular flexibility index (Phi) is 6.30. The maximum absolute atomic E-state index is 9.54. The quantitative estimate of drug-likeness (QED) is 0.493. The van der Waals surface area contributed by atoms with E-state index >= 15 is 0 Å². The molecule has 19 heavy (non-hydrogen) atoms. The van der Waals surface area contributed by atoms with Gasteiger partial charge in [0.05, 0.1) is 0 Å². The number of pyridine rings is 1. The van der Waals surface area contributed by atoms with E-state index in [0.29, 0.717) is 6.42 Å². The third-order valence-electron chi connectivity index (χ3n) is 2.15. The van der Waals surface area contributed by atoms with Gasteiger partial charge in [0.15, 0.2) is 6.29 Å². The van der Waals surface area contributed by atoms with Crippen molar-refractivity contribution in [2.24, 2.45) is 0 Å². The molecule has 1 aromatic heterocycles. The number of hydrogen-bond acceptors (Lipinski definition) is 5. The fourth-order valence-electron chi connectivity index (χ4n) is 1.31. The van der Waals surface area contributed by atoms with Gasteiger partial charge in [-0.05, 0) is 26.0 Å². The molecule has 0 saturated heterocycles. The number of aromatic nitrogens is 1. The van der Waals surface area contributed by atoms with Crippen LogP contribution in [0.25, 0.3) is 0 Å². The second-order valence-electron chi connectivity index (χ2n) is 3.68. The highest BCUT2D eigenvalue weighted by Crippen LogP contribution is 2.19. The molecule has 0 bridgehead atoms. The highest BCUT2D eigenvalue weighted by molar-refractivity contribution is 6.29. The Morgan fingerprint density at radius 1 is 1.58 bits per heavy atom. The molecule has 0 amide bonds. The van der Waals surface area contributed by atoms with Gasteiger partial charge in [-0.25, -0.2) is 4.98 Å². The average Bonchev–Trinajstić information content (AvgIpc) is 2.36. The smallest absolute Gasteiger partial charge is 0.235 e. The number of allylic oxidation sites excluding steroid dienone is 1. The van der Waals surface area contributed by atoms with Crippen LogP contribution in [-0.4, -0.2) is 22.7 Å². The molecule has 0 saturated carbocycles. The average molecular weight is 283 g/mol. The monoisotopic (exact) mass is 282 g/mol. The van der Waals surface area contributed by atoms with Crippen molar-refractivity contribution < 1.29 is 14.6 Å². The Morgan fingerprint density at radius 2 is 2.32 bits per heavy atom. The van der Waals surface area contributed by atoms with Crippen LogP contribution >= 0.6 is 11.6 Å². The molecule has 0 fully saturated rings. The van der Waals surface area contributed by atoms with Crippen molar-refractivity contribution in [3.63, 3.8) is 0 Å². The van der Waals surface area contributed by atoms with Gasteiger partial charge in [-0.2, -0.15) is 5.26 Å². The van der Waals surface area contributed by atoms with Crippen molar-refractivity contribution in [3.8, 4) is 11.9 Å². The highest BCUT2D eigenvalue weighted by Gasteiger charge is 2.14. The third kappa shape index (κ3) is 5.26. The first-order chi connectivity index (χ1) is 9.06. The summed E-state index contributed by atoms with van der Waals surface area (Å²) in [6, 6.07) is 4.95. The minimum absolute atomic E-state index is 0.0840. The predicted molar refractivity (Wildman–Crippen MR) is 70.6 cm³/mol. The van der Waals surface area contributed by atoms with Crippen molar-refractivity contribution in [1.82, 2.24) is 4.98 Å². The molecular formula is C13H15ClN2O3. The summed E-state index contributed by atoms with van der Waals surface area (Å²) in [4.78, 5) is 3.90. The fourth-order valence-corrected chi connectivity index (χ4v) is 1.45. The van der Waals surface area contributed by atoms with Gasteiger partial charge in [-0.15, -0.1) is 0 Å². The normalized spacial score (nSPS) is 14.1. The summed E-state index contributed by atoms with van der Waals surface area (Å²) >= 11 is 5.73. The van der Waals surface area contributed by atoms with E-state index in [9.17, 15) is 5.11 Å². The van der Waals surface area contributed by atoms with Gasteiger partial charge in [0.2, 0.25) is 12.2 Å².